The van der Waals surface area contributed by atoms with Crippen LogP contribution in [0, 0.1) is 11.6 Å². The first-order chi connectivity index (χ1) is 14.6. The van der Waals surface area contributed by atoms with Gasteiger partial charge in [0.15, 0.2) is 11.6 Å². The zero-order valence-corrected chi connectivity index (χ0v) is 16.5. The lowest BCUT2D eigenvalue weighted by Crippen LogP contribution is -2.42. The van der Waals surface area contributed by atoms with Crippen molar-refractivity contribution in [3.63, 3.8) is 0 Å². The minimum Gasteiger partial charge on any atom is -0.370 e. The predicted octanol–water partition coefficient (Wildman–Crippen LogP) is 3.97. The number of hydrogen-bond acceptors (Lipinski definition) is 5. The second-order valence-electron chi connectivity index (χ2n) is 6.91. The third-order valence-electron chi connectivity index (χ3n) is 5.04. The number of carbonyl (C=O) groups is 1. The van der Waals surface area contributed by atoms with E-state index in [2.05, 4.69) is 10.1 Å². The van der Waals surface area contributed by atoms with Crippen molar-refractivity contribution < 1.29 is 18.3 Å². The van der Waals surface area contributed by atoms with E-state index < -0.39 is 17.7 Å². The molecule has 0 radical (unpaired) electrons. The molecule has 1 amide bonds. The SMILES string of the molecule is O=C(c1csc(-n2ncc3ccccc32)n1)N1CCOC(c2ccc(F)c(F)c2)C1. The van der Waals surface area contributed by atoms with E-state index in [1.807, 2.05) is 24.3 Å². The van der Waals surface area contributed by atoms with E-state index in [-0.39, 0.29) is 12.5 Å². The fourth-order valence-corrected chi connectivity index (χ4v) is 4.26. The number of rotatable bonds is 3. The molecule has 5 rings (SSSR count). The maximum atomic E-state index is 13.6. The number of hydrogen-bond donors (Lipinski definition) is 0. The minimum absolute atomic E-state index is 0.232. The summed E-state index contributed by atoms with van der Waals surface area (Å²) in [5.41, 5.74) is 1.73. The van der Waals surface area contributed by atoms with Crippen molar-refractivity contribution in [3.05, 3.63) is 76.9 Å². The minimum atomic E-state index is -0.935. The fourth-order valence-electron chi connectivity index (χ4n) is 3.49. The lowest BCUT2D eigenvalue weighted by molar-refractivity contribution is -0.0231. The number of aromatic nitrogens is 3. The van der Waals surface area contributed by atoms with Crippen LogP contribution in [0.3, 0.4) is 0 Å². The highest BCUT2D eigenvalue weighted by molar-refractivity contribution is 7.12. The van der Waals surface area contributed by atoms with Crippen LogP contribution in [0.1, 0.15) is 22.2 Å². The number of ether oxygens (including phenoxy) is 1. The van der Waals surface area contributed by atoms with Crippen LogP contribution in [0.4, 0.5) is 8.78 Å². The Bertz CT molecular complexity index is 1240. The molecule has 0 bridgehead atoms. The van der Waals surface area contributed by atoms with Gasteiger partial charge in [0.1, 0.15) is 11.8 Å². The van der Waals surface area contributed by atoms with Crippen LogP contribution in [0.15, 0.2) is 54.0 Å². The van der Waals surface area contributed by atoms with Crippen molar-refractivity contribution >= 4 is 28.1 Å². The average Bonchev–Trinajstić information content (AvgIpc) is 3.42. The van der Waals surface area contributed by atoms with E-state index in [4.69, 9.17) is 4.74 Å². The number of para-hydroxylation sites is 1. The first kappa shape index (κ1) is 18.8. The van der Waals surface area contributed by atoms with E-state index in [1.54, 1.807) is 21.2 Å². The van der Waals surface area contributed by atoms with Crippen LogP contribution >= 0.6 is 11.3 Å². The molecule has 1 fully saturated rings. The van der Waals surface area contributed by atoms with Crippen LogP contribution in [0.5, 0.6) is 0 Å². The summed E-state index contributed by atoms with van der Waals surface area (Å²) in [6.45, 7) is 0.939. The molecule has 0 N–H and O–H groups in total. The molecule has 4 aromatic rings. The number of thiazole rings is 1. The molecule has 0 spiro atoms. The third kappa shape index (κ3) is 3.35. The molecule has 1 aliphatic heterocycles. The summed E-state index contributed by atoms with van der Waals surface area (Å²) < 4.78 is 34.2. The lowest BCUT2D eigenvalue weighted by atomic mass is 10.1. The highest BCUT2D eigenvalue weighted by atomic mass is 32.1. The topological polar surface area (TPSA) is 60.2 Å². The van der Waals surface area contributed by atoms with Gasteiger partial charge in [-0.05, 0) is 23.8 Å². The summed E-state index contributed by atoms with van der Waals surface area (Å²) in [4.78, 5) is 19.1. The van der Waals surface area contributed by atoms with Crippen molar-refractivity contribution in [1.82, 2.24) is 19.7 Å². The molecule has 1 aliphatic rings. The summed E-state index contributed by atoms with van der Waals surface area (Å²) in [6, 6.07) is 11.4. The number of carbonyl (C=O) groups excluding carboxylic acids is 1. The molecule has 30 heavy (non-hydrogen) atoms. The summed E-state index contributed by atoms with van der Waals surface area (Å²) in [6.07, 6.45) is 1.23. The van der Waals surface area contributed by atoms with Crippen molar-refractivity contribution in [2.75, 3.05) is 19.7 Å². The molecule has 2 aromatic heterocycles. The van der Waals surface area contributed by atoms with Crippen molar-refractivity contribution in [2.45, 2.75) is 6.10 Å². The fraction of sp³-hybridized carbons (Fsp3) is 0.190. The predicted molar refractivity (Wildman–Crippen MR) is 108 cm³/mol. The Morgan fingerprint density at radius 2 is 2.03 bits per heavy atom. The van der Waals surface area contributed by atoms with Crippen LogP contribution in [-0.4, -0.2) is 45.3 Å². The van der Waals surface area contributed by atoms with Gasteiger partial charge in [0, 0.05) is 17.3 Å². The number of nitrogens with zero attached hydrogens (tertiary/aromatic N) is 4. The number of fused-ring (bicyclic) bond motifs is 1. The molecular formula is C21H16F2N4O2S. The first-order valence-corrected chi connectivity index (χ1v) is 10.2. The molecule has 1 atom stereocenters. The quantitative estimate of drug-likeness (QED) is 0.497. The van der Waals surface area contributed by atoms with Crippen LogP contribution in [0.25, 0.3) is 16.0 Å². The van der Waals surface area contributed by atoms with Gasteiger partial charge in [0.2, 0.25) is 5.13 Å². The Hall–Kier alpha value is -3.17. The highest BCUT2D eigenvalue weighted by Gasteiger charge is 2.28. The van der Waals surface area contributed by atoms with Crippen LogP contribution in [0.2, 0.25) is 0 Å². The molecule has 3 heterocycles. The molecule has 0 saturated carbocycles. The monoisotopic (exact) mass is 426 g/mol. The second-order valence-corrected chi connectivity index (χ2v) is 7.75. The van der Waals surface area contributed by atoms with Gasteiger partial charge in [0.25, 0.3) is 5.91 Å². The van der Waals surface area contributed by atoms with Crippen molar-refractivity contribution in [3.8, 4) is 5.13 Å². The summed E-state index contributed by atoms with van der Waals surface area (Å²) in [5, 5.41) is 7.67. The van der Waals surface area contributed by atoms with E-state index >= 15 is 0 Å². The molecular weight excluding hydrogens is 410 g/mol. The van der Waals surface area contributed by atoms with Crippen LogP contribution < -0.4 is 0 Å². The van der Waals surface area contributed by atoms with E-state index in [1.165, 1.54) is 17.4 Å². The van der Waals surface area contributed by atoms with Crippen molar-refractivity contribution in [1.29, 1.82) is 0 Å². The van der Waals surface area contributed by atoms with Gasteiger partial charge >= 0.3 is 0 Å². The molecule has 0 aliphatic carbocycles. The Morgan fingerprint density at radius 3 is 2.90 bits per heavy atom. The smallest absolute Gasteiger partial charge is 0.273 e. The Morgan fingerprint density at radius 1 is 1.17 bits per heavy atom. The average molecular weight is 426 g/mol. The second kappa shape index (κ2) is 7.58. The van der Waals surface area contributed by atoms with Crippen LogP contribution in [-0.2, 0) is 4.74 Å². The molecule has 1 unspecified atom stereocenters. The van der Waals surface area contributed by atoms with Gasteiger partial charge in [-0.15, -0.1) is 11.3 Å². The molecule has 1 saturated heterocycles. The van der Waals surface area contributed by atoms with Gasteiger partial charge in [-0.1, -0.05) is 24.3 Å². The summed E-state index contributed by atoms with van der Waals surface area (Å²) in [5.74, 6) is -2.08. The Kier molecular flexibility index (Phi) is 4.76. The van der Waals surface area contributed by atoms with Gasteiger partial charge in [-0.25, -0.2) is 18.4 Å². The zero-order valence-electron chi connectivity index (χ0n) is 15.7. The van der Waals surface area contributed by atoms with Crippen molar-refractivity contribution in [2.24, 2.45) is 0 Å². The van der Waals surface area contributed by atoms with Gasteiger partial charge in [-0.2, -0.15) is 5.10 Å². The Balaban J connectivity index is 1.36. The normalized spacial score (nSPS) is 16.9. The lowest BCUT2D eigenvalue weighted by Gasteiger charge is -2.32. The molecule has 9 heteroatoms. The summed E-state index contributed by atoms with van der Waals surface area (Å²) in [7, 11) is 0. The summed E-state index contributed by atoms with van der Waals surface area (Å²) >= 11 is 1.33. The number of amides is 1. The molecule has 2 aromatic carbocycles. The third-order valence-corrected chi connectivity index (χ3v) is 5.85. The standard InChI is InChI=1S/C21H16F2N4O2S/c22-15-6-5-13(9-16(15)23)19-11-26(7-8-29-19)20(28)17-12-30-21(25-17)27-18-4-2-1-3-14(18)10-24-27/h1-6,9-10,12,19H,7-8,11H2. The number of benzene rings is 2. The Labute approximate surface area is 174 Å². The zero-order chi connectivity index (χ0) is 20.7. The highest BCUT2D eigenvalue weighted by Crippen LogP contribution is 2.26. The molecule has 152 valence electrons. The first-order valence-electron chi connectivity index (χ1n) is 9.34. The maximum absolute atomic E-state index is 13.6. The van der Waals surface area contributed by atoms with E-state index in [0.29, 0.717) is 29.5 Å². The maximum Gasteiger partial charge on any atom is 0.273 e. The van der Waals surface area contributed by atoms with Gasteiger partial charge in [0.05, 0.1) is 24.9 Å². The van der Waals surface area contributed by atoms with Gasteiger partial charge < -0.3 is 9.64 Å². The van der Waals surface area contributed by atoms with E-state index in [0.717, 1.165) is 23.0 Å². The van der Waals surface area contributed by atoms with E-state index in [9.17, 15) is 13.6 Å². The number of halogens is 2. The number of morpholine rings is 1. The molecule has 6 nitrogen and oxygen atoms in total. The largest absolute Gasteiger partial charge is 0.370 e. The van der Waals surface area contributed by atoms with Gasteiger partial charge in [-0.3, -0.25) is 4.79 Å².